The number of hydrogen-bond acceptors (Lipinski definition) is 3. The minimum Gasteiger partial charge on any atom is -0.329 e. The highest BCUT2D eigenvalue weighted by molar-refractivity contribution is 7.98. The lowest BCUT2D eigenvalue weighted by Crippen LogP contribution is -2.30. The van der Waals surface area contributed by atoms with E-state index in [9.17, 15) is 4.79 Å². The third-order valence-electron chi connectivity index (χ3n) is 3.07. The lowest BCUT2D eigenvalue weighted by Gasteiger charge is -2.12. The van der Waals surface area contributed by atoms with Crippen LogP contribution in [0, 0.1) is 5.41 Å². The second-order valence-electron chi connectivity index (χ2n) is 4.17. The first kappa shape index (κ1) is 11.5. The standard InChI is InChI=1S/C12H16N2OS/c1-16-10-4-2-9(3-5-10)14-11(15)12(8-13)6-7-12/h2-5H,6-8,13H2,1H3,(H,14,15). The topological polar surface area (TPSA) is 55.1 Å². The molecule has 1 aromatic rings. The number of nitrogens with one attached hydrogen (secondary N) is 1. The van der Waals surface area contributed by atoms with Crippen LogP contribution in [0.4, 0.5) is 5.69 Å². The summed E-state index contributed by atoms with van der Waals surface area (Å²) in [6.45, 7) is 0.446. The van der Waals surface area contributed by atoms with Gasteiger partial charge in [-0.05, 0) is 43.4 Å². The fourth-order valence-corrected chi connectivity index (χ4v) is 2.02. The number of carbonyl (C=O) groups is 1. The molecule has 1 saturated carbocycles. The summed E-state index contributed by atoms with van der Waals surface area (Å²) in [5.41, 5.74) is 6.17. The molecule has 0 saturated heterocycles. The molecular weight excluding hydrogens is 220 g/mol. The van der Waals surface area contributed by atoms with Crippen molar-refractivity contribution in [2.75, 3.05) is 18.1 Å². The van der Waals surface area contributed by atoms with Gasteiger partial charge >= 0.3 is 0 Å². The van der Waals surface area contributed by atoms with E-state index in [4.69, 9.17) is 5.73 Å². The lowest BCUT2D eigenvalue weighted by atomic mass is 10.1. The maximum absolute atomic E-state index is 11.9. The number of benzene rings is 1. The van der Waals surface area contributed by atoms with Crippen molar-refractivity contribution in [3.63, 3.8) is 0 Å². The van der Waals surface area contributed by atoms with E-state index in [1.807, 2.05) is 30.5 Å². The summed E-state index contributed by atoms with van der Waals surface area (Å²) in [6, 6.07) is 7.86. The number of amides is 1. The van der Waals surface area contributed by atoms with Gasteiger partial charge in [0, 0.05) is 17.1 Å². The molecule has 0 heterocycles. The smallest absolute Gasteiger partial charge is 0.231 e. The van der Waals surface area contributed by atoms with Crippen LogP contribution in [0.5, 0.6) is 0 Å². The summed E-state index contributed by atoms with van der Waals surface area (Å²) in [6.07, 6.45) is 3.86. The fraction of sp³-hybridized carbons (Fsp3) is 0.417. The number of anilines is 1. The molecule has 3 nitrogen and oxygen atoms in total. The highest BCUT2D eigenvalue weighted by Gasteiger charge is 2.48. The summed E-state index contributed by atoms with van der Waals surface area (Å²) < 4.78 is 0. The zero-order valence-electron chi connectivity index (χ0n) is 9.32. The molecule has 1 aromatic carbocycles. The number of nitrogens with two attached hydrogens (primary N) is 1. The molecule has 0 unspecified atom stereocenters. The predicted octanol–water partition coefficient (Wildman–Crippen LogP) is 2.09. The molecule has 2 rings (SSSR count). The molecule has 0 aromatic heterocycles. The van der Waals surface area contributed by atoms with Gasteiger partial charge in [-0.2, -0.15) is 0 Å². The van der Waals surface area contributed by atoms with Gasteiger partial charge in [-0.1, -0.05) is 0 Å². The Kier molecular flexibility index (Phi) is 3.21. The van der Waals surface area contributed by atoms with Crippen LogP contribution in [0.3, 0.4) is 0 Å². The number of thioether (sulfide) groups is 1. The van der Waals surface area contributed by atoms with Crippen molar-refractivity contribution >= 4 is 23.4 Å². The van der Waals surface area contributed by atoms with Crippen LogP contribution < -0.4 is 11.1 Å². The summed E-state index contributed by atoms with van der Waals surface area (Å²) in [5, 5.41) is 2.92. The van der Waals surface area contributed by atoms with Gasteiger partial charge in [-0.25, -0.2) is 0 Å². The van der Waals surface area contributed by atoms with Crippen molar-refractivity contribution in [3.05, 3.63) is 24.3 Å². The van der Waals surface area contributed by atoms with Crippen LogP contribution in [0.25, 0.3) is 0 Å². The molecule has 1 aliphatic rings. The third kappa shape index (κ3) is 2.23. The Morgan fingerprint density at radius 1 is 1.44 bits per heavy atom. The monoisotopic (exact) mass is 236 g/mol. The van der Waals surface area contributed by atoms with Gasteiger partial charge < -0.3 is 11.1 Å². The first-order valence-electron chi connectivity index (χ1n) is 5.36. The Labute approximate surface area is 99.8 Å². The van der Waals surface area contributed by atoms with Crippen molar-refractivity contribution in [1.82, 2.24) is 0 Å². The summed E-state index contributed by atoms with van der Waals surface area (Å²) in [4.78, 5) is 13.1. The number of hydrogen-bond donors (Lipinski definition) is 2. The maximum atomic E-state index is 11.9. The summed E-state index contributed by atoms with van der Waals surface area (Å²) in [5.74, 6) is 0.0619. The number of carbonyl (C=O) groups excluding carboxylic acids is 1. The van der Waals surface area contributed by atoms with E-state index in [2.05, 4.69) is 5.32 Å². The quantitative estimate of drug-likeness (QED) is 0.787. The molecule has 16 heavy (non-hydrogen) atoms. The van der Waals surface area contributed by atoms with Crippen molar-refractivity contribution in [2.24, 2.45) is 11.1 Å². The lowest BCUT2D eigenvalue weighted by molar-refractivity contribution is -0.120. The highest BCUT2D eigenvalue weighted by atomic mass is 32.2. The Balaban J connectivity index is 2.01. The highest BCUT2D eigenvalue weighted by Crippen LogP contribution is 2.45. The van der Waals surface area contributed by atoms with Gasteiger partial charge in [0.15, 0.2) is 0 Å². The molecular formula is C12H16N2OS. The van der Waals surface area contributed by atoms with Crippen LogP contribution >= 0.6 is 11.8 Å². The molecule has 3 N–H and O–H groups in total. The van der Waals surface area contributed by atoms with E-state index < -0.39 is 0 Å². The van der Waals surface area contributed by atoms with Gasteiger partial charge in [0.05, 0.1) is 5.41 Å². The molecule has 0 spiro atoms. The van der Waals surface area contributed by atoms with Gasteiger partial charge in [0.25, 0.3) is 0 Å². The summed E-state index contributed by atoms with van der Waals surface area (Å²) in [7, 11) is 0. The molecule has 0 aliphatic heterocycles. The second-order valence-corrected chi connectivity index (χ2v) is 5.05. The predicted molar refractivity (Wildman–Crippen MR) is 67.6 cm³/mol. The molecule has 86 valence electrons. The molecule has 4 heteroatoms. The average molecular weight is 236 g/mol. The summed E-state index contributed by atoms with van der Waals surface area (Å²) >= 11 is 1.69. The normalized spacial score (nSPS) is 16.9. The van der Waals surface area contributed by atoms with Gasteiger partial charge in [0.1, 0.15) is 0 Å². The minimum atomic E-state index is -0.280. The van der Waals surface area contributed by atoms with Crippen molar-refractivity contribution in [2.45, 2.75) is 17.7 Å². The second kappa shape index (κ2) is 4.47. The first-order valence-corrected chi connectivity index (χ1v) is 6.58. The third-order valence-corrected chi connectivity index (χ3v) is 3.82. The molecule has 1 fully saturated rings. The molecule has 1 aliphatic carbocycles. The van der Waals surface area contributed by atoms with Crippen LogP contribution in [-0.4, -0.2) is 18.7 Å². The van der Waals surface area contributed by atoms with Crippen LogP contribution in [0.15, 0.2) is 29.2 Å². The van der Waals surface area contributed by atoms with Gasteiger partial charge in [-0.15, -0.1) is 11.8 Å². The largest absolute Gasteiger partial charge is 0.329 e. The zero-order valence-corrected chi connectivity index (χ0v) is 10.1. The van der Waals surface area contributed by atoms with E-state index >= 15 is 0 Å². The van der Waals surface area contributed by atoms with Crippen LogP contribution in [-0.2, 0) is 4.79 Å². The van der Waals surface area contributed by atoms with Crippen molar-refractivity contribution in [1.29, 1.82) is 0 Å². The van der Waals surface area contributed by atoms with Gasteiger partial charge in [-0.3, -0.25) is 4.79 Å². The van der Waals surface area contributed by atoms with Crippen LogP contribution in [0.2, 0.25) is 0 Å². The average Bonchev–Trinajstić information content (AvgIpc) is 3.11. The Morgan fingerprint density at radius 3 is 2.50 bits per heavy atom. The fourth-order valence-electron chi connectivity index (χ4n) is 1.61. The van der Waals surface area contributed by atoms with E-state index in [1.165, 1.54) is 4.90 Å². The Morgan fingerprint density at radius 2 is 2.06 bits per heavy atom. The van der Waals surface area contributed by atoms with E-state index in [0.717, 1.165) is 18.5 Å². The molecule has 0 radical (unpaired) electrons. The van der Waals surface area contributed by atoms with Gasteiger partial charge in [0.2, 0.25) is 5.91 Å². The van der Waals surface area contributed by atoms with Crippen molar-refractivity contribution < 1.29 is 4.79 Å². The minimum absolute atomic E-state index is 0.0619. The Hall–Kier alpha value is -1.00. The van der Waals surface area contributed by atoms with E-state index in [0.29, 0.717) is 6.54 Å². The van der Waals surface area contributed by atoms with Crippen molar-refractivity contribution in [3.8, 4) is 0 Å². The van der Waals surface area contributed by atoms with E-state index in [1.54, 1.807) is 11.8 Å². The molecule has 1 amide bonds. The first-order chi connectivity index (χ1) is 7.70. The number of rotatable bonds is 4. The molecule has 0 atom stereocenters. The van der Waals surface area contributed by atoms with Crippen LogP contribution in [0.1, 0.15) is 12.8 Å². The van der Waals surface area contributed by atoms with E-state index in [-0.39, 0.29) is 11.3 Å². The zero-order chi connectivity index (χ0) is 11.6. The molecule has 0 bridgehead atoms. The Bertz CT molecular complexity index is 385. The SMILES string of the molecule is CSc1ccc(NC(=O)C2(CN)CC2)cc1. The maximum Gasteiger partial charge on any atom is 0.231 e.